The third-order valence-corrected chi connectivity index (χ3v) is 3.15. The molecule has 1 saturated carbocycles. The van der Waals surface area contributed by atoms with Crippen molar-refractivity contribution in [3.8, 4) is 0 Å². The number of hydrogen-bond donors (Lipinski definition) is 0. The van der Waals surface area contributed by atoms with Crippen LogP contribution in [-0.4, -0.2) is 18.5 Å². The second-order valence-electron chi connectivity index (χ2n) is 4.48. The molecule has 2 heteroatoms. The lowest BCUT2D eigenvalue weighted by atomic mass is 10.1. The van der Waals surface area contributed by atoms with Crippen LogP contribution in [0.1, 0.15) is 64.7 Å². The van der Waals surface area contributed by atoms with Crippen molar-refractivity contribution < 1.29 is 9.53 Å². The van der Waals surface area contributed by atoms with Crippen LogP contribution in [0.25, 0.3) is 0 Å². The maximum atomic E-state index is 11.1. The van der Waals surface area contributed by atoms with Crippen LogP contribution in [0.2, 0.25) is 0 Å². The lowest BCUT2D eigenvalue weighted by Crippen LogP contribution is -2.13. The first kappa shape index (κ1) is 12.7. The van der Waals surface area contributed by atoms with Gasteiger partial charge in [0.2, 0.25) is 0 Å². The molecule has 0 spiro atoms. The highest BCUT2D eigenvalue weighted by Crippen LogP contribution is 2.19. The standard InChI is InChI=1S/C13H24O2/c1-2-12(14)8-7-11-15-13-9-5-3-4-6-10-13/h13H,2-11H2,1H3. The fourth-order valence-corrected chi connectivity index (χ4v) is 2.10. The van der Waals surface area contributed by atoms with Crippen molar-refractivity contribution in [2.75, 3.05) is 6.61 Å². The molecule has 0 aromatic rings. The van der Waals surface area contributed by atoms with Gasteiger partial charge in [-0.15, -0.1) is 0 Å². The molecule has 0 unspecified atom stereocenters. The fraction of sp³-hybridized carbons (Fsp3) is 0.923. The third kappa shape index (κ3) is 5.93. The molecule has 0 aromatic heterocycles. The first-order chi connectivity index (χ1) is 7.33. The molecule has 0 atom stereocenters. The molecule has 1 fully saturated rings. The molecule has 1 aliphatic rings. The number of rotatable bonds is 6. The summed E-state index contributed by atoms with van der Waals surface area (Å²) in [6.45, 7) is 2.70. The van der Waals surface area contributed by atoms with E-state index in [1.165, 1.54) is 38.5 Å². The maximum absolute atomic E-state index is 11.1. The Morgan fingerprint density at radius 2 is 1.87 bits per heavy atom. The lowest BCUT2D eigenvalue weighted by Gasteiger charge is -2.14. The molecule has 0 heterocycles. The summed E-state index contributed by atoms with van der Waals surface area (Å²) in [5, 5.41) is 0. The molecule has 88 valence electrons. The van der Waals surface area contributed by atoms with Crippen molar-refractivity contribution in [3.63, 3.8) is 0 Å². The number of hydrogen-bond acceptors (Lipinski definition) is 2. The largest absolute Gasteiger partial charge is 0.378 e. The predicted molar refractivity (Wildman–Crippen MR) is 62.0 cm³/mol. The first-order valence-electron chi connectivity index (χ1n) is 6.46. The molecule has 2 nitrogen and oxygen atoms in total. The van der Waals surface area contributed by atoms with E-state index in [9.17, 15) is 4.79 Å². The van der Waals surface area contributed by atoms with Crippen molar-refractivity contribution in [2.45, 2.75) is 70.8 Å². The van der Waals surface area contributed by atoms with Gasteiger partial charge in [-0.05, 0) is 19.3 Å². The van der Waals surface area contributed by atoms with Gasteiger partial charge in [-0.1, -0.05) is 32.6 Å². The molecule has 0 amide bonds. The Hall–Kier alpha value is -0.370. The van der Waals surface area contributed by atoms with E-state index in [4.69, 9.17) is 4.74 Å². The Labute approximate surface area is 93.4 Å². The average Bonchev–Trinajstić information content (AvgIpc) is 2.52. The van der Waals surface area contributed by atoms with Gasteiger partial charge in [0.05, 0.1) is 6.10 Å². The third-order valence-electron chi connectivity index (χ3n) is 3.15. The van der Waals surface area contributed by atoms with Crippen LogP contribution < -0.4 is 0 Å². The van der Waals surface area contributed by atoms with Crippen molar-refractivity contribution in [2.24, 2.45) is 0 Å². The van der Waals surface area contributed by atoms with Gasteiger partial charge in [0.1, 0.15) is 5.78 Å². The Morgan fingerprint density at radius 1 is 1.20 bits per heavy atom. The van der Waals surface area contributed by atoms with Gasteiger partial charge in [-0.25, -0.2) is 0 Å². The molecule has 0 aromatic carbocycles. The number of carbonyl (C=O) groups excluding carboxylic acids is 1. The Kier molecular flexibility index (Phi) is 6.66. The van der Waals surface area contributed by atoms with Gasteiger partial charge in [0, 0.05) is 19.4 Å². The zero-order valence-corrected chi connectivity index (χ0v) is 9.96. The van der Waals surface area contributed by atoms with Gasteiger partial charge < -0.3 is 4.74 Å². The first-order valence-corrected chi connectivity index (χ1v) is 6.46. The van der Waals surface area contributed by atoms with Crippen molar-refractivity contribution in [3.05, 3.63) is 0 Å². The highest BCUT2D eigenvalue weighted by molar-refractivity contribution is 5.77. The minimum absolute atomic E-state index is 0.361. The molecule has 0 N–H and O–H groups in total. The van der Waals surface area contributed by atoms with Gasteiger partial charge >= 0.3 is 0 Å². The van der Waals surface area contributed by atoms with Crippen molar-refractivity contribution in [1.29, 1.82) is 0 Å². The summed E-state index contributed by atoms with van der Waals surface area (Å²) < 4.78 is 5.81. The number of ether oxygens (including phenoxy) is 1. The molecule has 0 radical (unpaired) electrons. The van der Waals surface area contributed by atoms with E-state index in [0.717, 1.165) is 13.0 Å². The van der Waals surface area contributed by atoms with E-state index >= 15 is 0 Å². The smallest absolute Gasteiger partial charge is 0.132 e. The van der Waals surface area contributed by atoms with Crippen LogP contribution >= 0.6 is 0 Å². The minimum Gasteiger partial charge on any atom is -0.378 e. The van der Waals surface area contributed by atoms with Crippen molar-refractivity contribution >= 4 is 5.78 Å². The van der Waals surface area contributed by atoms with E-state index in [1.54, 1.807) is 0 Å². The van der Waals surface area contributed by atoms with Crippen LogP contribution in [0.15, 0.2) is 0 Å². The van der Waals surface area contributed by atoms with Gasteiger partial charge in [-0.2, -0.15) is 0 Å². The van der Waals surface area contributed by atoms with Crippen molar-refractivity contribution in [1.82, 2.24) is 0 Å². The summed E-state index contributed by atoms with van der Waals surface area (Å²) >= 11 is 0. The maximum Gasteiger partial charge on any atom is 0.132 e. The molecular weight excluding hydrogens is 188 g/mol. The van der Waals surface area contributed by atoms with E-state index in [1.807, 2.05) is 6.92 Å². The summed E-state index contributed by atoms with van der Waals surface area (Å²) in [6.07, 6.45) is 10.6. The molecule has 1 rings (SSSR count). The highest BCUT2D eigenvalue weighted by atomic mass is 16.5. The van der Waals surface area contributed by atoms with Crippen LogP contribution in [0.3, 0.4) is 0 Å². The van der Waals surface area contributed by atoms with Crippen LogP contribution in [-0.2, 0) is 9.53 Å². The molecule has 0 saturated heterocycles. The molecule has 15 heavy (non-hydrogen) atoms. The second-order valence-corrected chi connectivity index (χ2v) is 4.48. The SMILES string of the molecule is CCC(=O)CCCOC1CCCCCC1. The van der Waals surface area contributed by atoms with Gasteiger partial charge in [-0.3, -0.25) is 4.79 Å². The van der Waals surface area contributed by atoms with E-state index in [0.29, 0.717) is 24.7 Å². The Balaban J connectivity index is 2.00. The molecule has 0 bridgehead atoms. The summed E-state index contributed by atoms with van der Waals surface area (Å²) in [6, 6.07) is 0. The van der Waals surface area contributed by atoms with E-state index in [-0.39, 0.29) is 0 Å². The second kappa shape index (κ2) is 7.86. The Morgan fingerprint density at radius 3 is 2.47 bits per heavy atom. The highest BCUT2D eigenvalue weighted by Gasteiger charge is 2.12. The molecule has 1 aliphatic carbocycles. The molecule has 0 aliphatic heterocycles. The zero-order valence-electron chi connectivity index (χ0n) is 9.96. The van der Waals surface area contributed by atoms with Gasteiger partial charge in [0.25, 0.3) is 0 Å². The normalized spacial score (nSPS) is 18.7. The summed E-state index contributed by atoms with van der Waals surface area (Å²) in [7, 11) is 0. The zero-order chi connectivity index (χ0) is 10.9. The number of Topliss-reactive ketones (excluding diaryl/α,β-unsaturated/α-hetero) is 1. The quantitative estimate of drug-likeness (QED) is 0.497. The fourth-order valence-electron chi connectivity index (χ4n) is 2.10. The lowest BCUT2D eigenvalue weighted by molar-refractivity contribution is -0.119. The van der Waals surface area contributed by atoms with Gasteiger partial charge in [0.15, 0.2) is 0 Å². The summed E-state index contributed by atoms with van der Waals surface area (Å²) in [5.74, 6) is 0.361. The van der Waals surface area contributed by atoms with Crippen LogP contribution in [0.5, 0.6) is 0 Å². The predicted octanol–water partition coefficient (Wildman–Crippen LogP) is 3.49. The summed E-state index contributed by atoms with van der Waals surface area (Å²) in [4.78, 5) is 11.1. The Bertz CT molecular complexity index is 169. The molecular formula is C13H24O2. The minimum atomic E-state index is 0.361. The van der Waals surface area contributed by atoms with E-state index < -0.39 is 0 Å². The van der Waals surface area contributed by atoms with E-state index in [2.05, 4.69) is 0 Å². The number of ketones is 1. The average molecular weight is 212 g/mol. The number of carbonyl (C=O) groups is 1. The summed E-state index contributed by atoms with van der Waals surface area (Å²) in [5.41, 5.74) is 0. The van der Waals surface area contributed by atoms with Crippen LogP contribution in [0, 0.1) is 0 Å². The topological polar surface area (TPSA) is 26.3 Å². The van der Waals surface area contributed by atoms with Crippen LogP contribution in [0.4, 0.5) is 0 Å². The monoisotopic (exact) mass is 212 g/mol.